The third kappa shape index (κ3) is 6.46. The third-order valence-electron chi connectivity index (χ3n) is 6.29. The molecule has 0 bridgehead atoms. The SMILES string of the molecule is CC(C)S(=O)(=O)CC1CCN(C(=O)Cc2ccc(OC3CCCCC3)cc2)CC1. The van der Waals surface area contributed by atoms with E-state index in [-0.39, 0.29) is 22.8 Å². The number of carbonyl (C=O) groups is 1. The first kappa shape index (κ1) is 22.1. The van der Waals surface area contributed by atoms with Crippen LogP contribution in [0.25, 0.3) is 0 Å². The quantitative estimate of drug-likeness (QED) is 0.667. The fourth-order valence-electron chi connectivity index (χ4n) is 4.22. The van der Waals surface area contributed by atoms with E-state index < -0.39 is 9.84 Å². The van der Waals surface area contributed by atoms with Crippen LogP contribution in [0.5, 0.6) is 5.75 Å². The summed E-state index contributed by atoms with van der Waals surface area (Å²) in [7, 11) is -3.01. The van der Waals surface area contributed by atoms with Crippen LogP contribution in [-0.2, 0) is 21.1 Å². The summed E-state index contributed by atoms with van der Waals surface area (Å²) < 4.78 is 30.3. The normalized spacial score (nSPS) is 19.5. The van der Waals surface area contributed by atoms with Crippen molar-refractivity contribution >= 4 is 15.7 Å². The molecule has 0 aromatic heterocycles. The first-order valence-corrected chi connectivity index (χ1v) is 12.8. The maximum atomic E-state index is 12.6. The summed E-state index contributed by atoms with van der Waals surface area (Å²) in [6.45, 7) is 4.78. The first-order valence-electron chi connectivity index (χ1n) is 11.1. The zero-order valence-corrected chi connectivity index (χ0v) is 18.6. The van der Waals surface area contributed by atoms with E-state index in [1.54, 1.807) is 13.8 Å². The minimum atomic E-state index is -3.01. The molecule has 1 amide bonds. The Morgan fingerprint density at radius 2 is 1.66 bits per heavy atom. The number of carbonyl (C=O) groups excluding carboxylic acids is 1. The number of sulfone groups is 1. The molecule has 0 unspecified atom stereocenters. The number of hydrogen-bond donors (Lipinski definition) is 0. The highest BCUT2D eigenvalue weighted by Crippen LogP contribution is 2.24. The second-order valence-electron chi connectivity index (χ2n) is 8.90. The standard InChI is InChI=1S/C23H35NO4S/c1-18(2)29(26,27)17-20-12-14-24(15-13-20)23(25)16-19-8-10-22(11-9-19)28-21-6-4-3-5-7-21/h8-11,18,20-21H,3-7,12-17H2,1-2H3. The monoisotopic (exact) mass is 421 g/mol. The number of benzene rings is 1. The van der Waals surface area contributed by atoms with Gasteiger partial charge in [-0.05, 0) is 76.0 Å². The van der Waals surface area contributed by atoms with E-state index in [0.717, 1.165) is 37.0 Å². The molecule has 0 atom stereocenters. The topological polar surface area (TPSA) is 63.7 Å². The second kappa shape index (κ2) is 9.96. The molecule has 0 spiro atoms. The van der Waals surface area contributed by atoms with Crippen molar-refractivity contribution in [3.63, 3.8) is 0 Å². The lowest BCUT2D eigenvalue weighted by molar-refractivity contribution is -0.131. The lowest BCUT2D eigenvalue weighted by Gasteiger charge is -2.32. The Kier molecular flexibility index (Phi) is 7.60. The highest BCUT2D eigenvalue weighted by atomic mass is 32.2. The average molecular weight is 422 g/mol. The molecule has 1 heterocycles. The third-order valence-corrected chi connectivity index (χ3v) is 8.66. The minimum Gasteiger partial charge on any atom is -0.490 e. The fraction of sp³-hybridized carbons (Fsp3) is 0.696. The largest absolute Gasteiger partial charge is 0.490 e. The molecule has 5 nitrogen and oxygen atoms in total. The average Bonchev–Trinajstić information content (AvgIpc) is 2.70. The minimum absolute atomic E-state index is 0.121. The van der Waals surface area contributed by atoms with Gasteiger partial charge in [-0.25, -0.2) is 8.42 Å². The highest BCUT2D eigenvalue weighted by molar-refractivity contribution is 7.91. The summed E-state index contributed by atoms with van der Waals surface area (Å²) >= 11 is 0. The van der Waals surface area contributed by atoms with Crippen LogP contribution in [0.3, 0.4) is 0 Å². The smallest absolute Gasteiger partial charge is 0.226 e. The molecule has 1 saturated carbocycles. The van der Waals surface area contributed by atoms with Gasteiger partial charge in [0.1, 0.15) is 5.75 Å². The Morgan fingerprint density at radius 3 is 2.24 bits per heavy atom. The Morgan fingerprint density at radius 1 is 1.03 bits per heavy atom. The Labute approximate surface area is 175 Å². The van der Waals surface area contributed by atoms with Gasteiger partial charge in [-0.15, -0.1) is 0 Å². The maximum Gasteiger partial charge on any atom is 0.226 e. The summed E-state index contributed by atoms with van der Waals surface area (Å²) in [6.07, 6.45) is 8.33. The molecule has 162 valence electrons. The number of hydrogen-bond acceptors (Lipinski definition) is 4. The van der Waals surface area contributed by atoms with Gasteiger partial charge in [-0.3, -0.25) is 4.79 Å². The van der Waals surface area contributed by atoms with Crippen molar-refractivity contribution in [2.45, 2.75) is 76.6 Å². The molecular weight excluding hydrogens is 386 g/mol. The van der Waals surface area contributed by atoms with Crippen molar-refractivity contribution in [1.82, 2.24) is 4.90 Å². The van der Waals surface area contributed by atoms with Crippen molar-refractivity contribution in [1.29, 1.82) is 0 Å². The lowest BCUT2D eigenvalue weighted by Crippen LogP contribution is -2.41. The predicted octanol–water partition coefficient (Wildman–Crippen LogP) is 4.00. The van der Waals surface area contributed by atoms with Gasteiger partial charge in [0.2, 0.25) is 5.91 Å². The number of piperidine rings is 1. The Bertz CT molecular complexity index is 759. The van der Waals surface area contributed by atoms with Gasteiger partial charge < -0.3 is 9.64 Å². The molecule has 1 saturated heterocycles. The zero-order valence-electron chi connectivity index (χ0n) is 17.8. The van der Waals surface area contributed by atoms with E-state index in [1.165, 1.54) is 19.3 Å². The molecular formula is C23H35NO4S. The number of rotatable bonds is 7. The van der Waals surface area contributed by atoms with Crippen molar-refractivity contribution in [2.24, 2.45) is 5.92 Å². The zero-order chi connectivity index (χ0) is 20.9. The molecule has 1 aromatic rings. The van der Waals surface area contributed by atoms with E-state index in [9.17, 15) is 13.2 Å². The van der Waals surface area contributed by atoms with Crippen molar-refractivity contribution in [3.05, 3.63) is 29.8 Å². The second-order valence-corrected chi connectivity index (χ2v) is 11.5. The molecule has 3 rings (SSSR count). The fourth-order valence-corrected chi connectivity index (χ4v) is 5.59. The van der Waals surface area contributed by atoms with Gasteiger partial charge in [0.25, 0.3) is 0 Å². The molecule has 2 fully saturated rings. The van der Waals surface area contributed by atoms with Gasteiger partial charge >= 0.3 is 0 Å². The Hall–Kier alpha value is -1.56. The number of likely N-dealkylation sites (tertiary alicyclic amines) is 1. The molecule has 1 aromatic carbocycles. The summed E-state index contributed by atoms with van der Waals surface area (Å²) in [5.74, 6) is 1.42. The molecule has 29 heavy (non-hydrogen) atoms. The van der Waals surface area contributed by atoms with Crippen LogP contribution in [0.1, 0.15) is 64.4 Å². The van der Waals surface area contributed by atoms with E-state index in [1.807, 2.05) is 29.2 Å². The van der Waals surface area contributed by atoms with Crippen LogP contribution in [-0.4, -0.2) is 49.4 Å². The predicted molar refractivity (Wildman–Crippen MR) is 116 cm³/mol. The highest BCUT2D eigenvalue weighted by Gasteiger charge is 2.28. The van der Waals surface area contributed by atoms with Crippen LogP contribution in [0, 0.1) is 5.92 Å². The van der Waals surface area contributed by atoms with Crippen molar-refractivity contribution in [3.8, 4) is 5.75 Å². The van der Waals surface area contributed by atoms with E-state index in [4.69, 9.17) is 4.74 Å². The number of nitrogens with zero attached hydrogens (tertiary/aromatic N) is 1. The molecule has 0 N–H and O–H groups in total. The van der Waals surface area contributed by atoms with Gasteiger partial charge in [-0.1, -0.05) is 18.6 Å². The summed E-state index contributed by atoms with van der Waals surface area (Å²) in [5.41, 5.74) is 0.996. The number of amides is 1. The van der Waals surface area contributed by atoms with Crippen LogP contribution in [0.2, 0.25) is 0 Å². The maximum absolute atomic E-state index is 12.6. The molecule has 1 aliphatic heterocycles. The lowest BCUT2D eigenvalue weighted by atomic mass is 9.97. The van der Waals surface area contributed by atoms with E-state index in [2.05, 4.69) is 0 Å². The molecule has 6 heteroatoms. The van der Waals surface area contributed by atoms with Crippen molar-refractivity contribution < 1.29 is 17.9 Å². The summed E-state index contributed by atoms with van der Waals surface area (Å²) in [6, 6.07) is 7.91. The van der Waals surface area contributed by atoms with Crippen LogP contribution in [0.15, 0.2) is 24.3 Å². The van der Waals surface area contributed by atoms with Gasteiger partial charge in [0.15, 0.2) is 9.84 Å². The van der Waals surface area contributed by atoms with Gasteiger partial charge in [-0.2, -0.15) is 0 Å². The summed E-state index contributed by atoms with van der Waals surface area (Å²) in [5, 5.41) is -0.327. The molecule has 0 radical (unpaired) electrons. The summed E-state index contributed by atoms with van der Waals surface area (Å²) in [4.78, 5) is 14.5. The molecule has 1 aliphatic carbocycles. The van der Waals surface area contributed by atoms with Crippen LogP contribution >= 0.6 is 0 Å². The van der Waals surface area contributed by atoms with Crippen molar-refractivity contribution in [2.75, 3.05) is 18.8 Å². The number of ether oxygens (including phenoxy) is 1. The van der Waals surface area contributed by atoms with Gasteiger partial charge in [0, 0.05) is 13.1 Å². The van der Waals surface area contributed by atoms with E-state index >= 15 is 0 Å². The van der Waals surface area contributed by atoms with Crippen LogP contribution < -0.4 is 4.74 Å². The van der Waals surface area contributed by atoms with E-state index in [0.29, 0.717) is 25.6 Å². The first-order chi connectivity index (χ1) is 13.8. The van der Waals surface area contributed by atoms with Crippen LogP contribution in [0.4, 0.5) is 0 Å². The van der Waals surface area contributed by atoms with Gasteiger partial charge in [0.05, 0.1) is 23.5 Å². The molecule has 2 aliphatic rings. The Balaban J connectivity index is 1.44.